The van der Waals surface area contributed by atoms with Crippen molar-refractivity contribution in [3.8, 4) is 0 Å². The SMILES string of the molecule is CC(N)CN(C)C(C)c1cc(F)ccc1F.Cl. The maximum atomic E-state index is 13.5. The van der Waals surface area contributed by atoms with Gasteiger partial charge in [-0.25, -0.2) is 8.78 Å². The molecule has 0 radical (unpaired) electrons. The van der Waals surface area contributed by atoms with Crippen LogP contribution >= 0.6 is 12.4 Å². The van der Waals surface area contributed by atoms with E-state index in [2.05, 4.69) is 0 Å². The first-order valence-electron chi connectivity index (χ1n) is 5.32. The van der Waals surface area contributed by atoms with Crippen molar-refractivity contribution < 1.29 is 8.78 Å². The van der Waals surface area contributed by atoms with E-state index in [1.165, 1.54) is 6.07 Å². The van der Waals surface area contributed by atoms with Crippen molar-refractivity contribution in [2.75, 3.05) is 13.6 Å². The van der Waals surface area contributed by atoms with Crippen LogP contribution in [-0.4, -0.2) is 24.5 Å². The Bertz CT molecular complexity index is 358. The first-order valence-corrected chi connectivity index (χ1v) is 5.32. The lowest BCUT2D eigenvalue weighted by Gasteiger charge is -2.26. The Morgan fingerprint density at radius 2 is 1.88 bits per heavy atom. The fourth-order valence-corrected chi connectivity index (χ4v) is 1.68. The Balaban J connectivity index is 0.00000256. The number of nitrogens with two attached hydrogens (primary N) is 1. The van der Waals surface area contributed by atoms with Crippen molar-refractivity contribution in [3.63, 3.8) is 0 Å². The summed E-state index contributed by atoms with van der Waals surface area (Å²) in [5, 5.41) is 0. The second kappa shape index (κ2) is 6.89. The minimum atomic E-state index is -0.419. The average Bonchev–Trinajstić information content (AvgIpc) is 2.19. The molecule has 0 bridgehead atoms. The largest absolute Gasteiger partial charge is 0.327 e. The van der Waals surface area contributed by atoms with Crippen LogP contribution in [0.3, 0.4) is 0 Å². The molecule has 0 heterocycles. The van der Waals surface area contributed by atoms with Crippen molar-refractivity contribution in [3.05, 3.63) is 35.4 Å². The summed E-state index contributed by atoms with van der Waals surface area (Å²) in [4.78, 5) is 1.91. The Morgan fingerprint density at radius 3 is 2.41 bits per heavy atom. The second-order valence-electron chi connectivity index (χ2n) is 4.26. The molecule has 1 aromatic carbocycles. The van der Waals surface area contributed by atoms with Crippen LogP contribution in [-0.2, 0) is 0 Å². The molecule has 0 amide bonds. The van der Waals surface area contributed by atoms with Crippen LogP contribution in [0, 0.1) is 11.6 Å². The van der Waals surface area contributed by atoms with Crippen molar-refractivity contribution in [2.45, 2.75) is 25.9 Å². The lowest BCUT2D eigenvalue weighted by Crippen LogP contribution is -2.34. The summed E-state index contributed by atoms with van der Waals surface area (Å²) in [6.45, 7) is 4.35. The Labute approximate surface area is 107 Å². The van der Waals surface area contributed by atoms with Crippen LogP contribution in [0.15, 0.2) is 18.2 Å². The van der Waals surface area contributed by atoms with E-state index in [9.17, 15) is 8.78 Å². The van der Waals surface area contributed by atoms with E-state index in [-0.39, 0.29) is 30.3 Å². The van der Waals surface area contributed by atoms with E-state index in [4.69, 9.17) is 5.73 Å². The van der Waals surface area contributed by atoms with Crippen LogP contribution in [0.2, 0.25) is 0 Å². The summed E-state index contributed by atoms with van der Waals surface area (Å²) in [5.74, 6) is -0.803. The van der Waals surface area contributed by atoms with Gasteiger partial charge in [0.1, 0.15) is 11.6 Å². The molecule has 1 rings (SSSR count). The molecule has 0 aliphatic carbocycles. The standard InChI is InChI=1S/C12H18F2N2.ClH/c1-8(15)7-16(3)9(2)11-6-10(13)4-5-12(11)14;/h4-6,8-9H,7,15H2,1-3H3;1H. The van der Waals surface area contributed by atoms with Gasteiger partial charge < -0.3 is 5.73 Å². The van der Waals surface area contributed by atoms with Crippen LogP contribution in [0.5, 0.6) is 0 Å². The summed E-state index contributed by atoms with van der Waals surface area (Å²) in [6.07, 6.45) is 0. The fraction of sp³-hybridized carbons (Fsp3) is 0.500. The van der Waals surface area contributed by atoms with Gasteiger partial charge >= 0.3 is 0 Å². The molecule has 1 aromatic rings. The van der Waals surface area contributed by atoms with Gasteiger partial charge in [0.2, 0.25) is 0 Å². The Morgan fingerprint density at radius 1 is 1.29 bits per heavy atom. The molecule has 17 heavy (non-hydrogen) atoms. The summed E-state index contributed by atoms with van der Waals surface area (Å²) in [5.41, 5.74) is 6.03. The van der Waals surface area contributed by atoms with Gasteiger partial charge in [0.05, 0.1) is 0 Å². The van der Waals surface area contributed by atoms with Gasteiger partial charge in [-0.15, -0.1) is 12.4 Å². The first kappa shape index (κ1) is 16.3. The molecular weight excluding hydrogens is 246 g/mol. The van der Waals surface area contributed by atoms with Crippen LogP contribution in [0.4, 0.5) is 8.78 Å². The minimum absolute atomic E-state index is 0. The Hall–Kier alpha value is -0.710. The Kier molecular flexibility index (Phi) is 6.60. The molecule has 0 saturated carbocycles. The van der Waals surface area contributed by atoms with Gasteiger partial charge in [0.25, 0.3) is 0 Å². The molecule has 0 saturated heterocycles. The maximum absolute atomic E-state index is 13.5. The third kappa shape index (κ3) is 4.58. The average molecular weight is 265 g/mol. The molecule has 2 N–H and O–H groups in total. The number of halogens is 3. The van der Waals surface area contributed by atoms with Crippen LogP contribution in [0.25, 0.3) is 0 Å². The van der Waals surface area contributed by atoms with E-state index in [0.29, 0.717) is 12.1 Å². The highest BCUT2D eigenvalue weighted by Crippen LogP contribution is 2.22. The number of rotatable bonds is 4. The molecule has 0 aliphatic rings. The zero-order valence-electron chi connectivity index (χ0n) is 10.3. The molecular formula is C12H19ClF2N2. The van der Waals surface area contributed by atoms with Gasteiger partial charge in [0.15, 0.2) is 0 Å². The van der Waals surface area contributed by atoms with Gasteiger partial charge in [-0.1, -0.05) is 0 Å². The zero-order valence-corrected chi connectivity index (χ0v) is 11.1. The molecule has 0 aliphatic heterocycles. The summed E-state index contributed by atoms with van der Waals surface area (Å²) in [6, 6.07) is 3.32. The quantitative estimate of drug-likeness (QED) is 0.906. The van der Waals surface area contributed by atoms with Crippen molar-refractivity contribution in [1.82, 2.24) is 4.90 Å². The minimum Gasteiger partial charge on any atom is -0.327 e. The van der Waals surface area contributed by atoms with Crippen molar-refractivity contribution in [1.29, 1.82) is 0 Å². The van der Waals surface area contributed by atoms with E-state index >= 15 is 0 Å². The monoisotopic (exact) mass is 264 g/mol. The van der Waals surface area contributed by atoms with Crippen molar-refractivity contribution in [2.24, 2.45) is 5.73 Å². The number of benzene rings is 1. The van der Waals surface area contributed by atoms with E-state index in [1.807, 2.05) is 25.8 Å². The maximum Gasteiger partial charge on any atom is 0.128 e. The van der Waals surface area contributed by atoms with Crippen molar-refractivity contribution >= 4 is 12.4 Å². The molecule has 98 valence electrons. The fourth-order valence-electron chi connectivity index (χ4n) is 1.68. The van der Waals surface area contributed by atoms with Gasteiger partial charge in [-0.3, -0.25) is 4.90 Å². The van der Waals surface area contributed by atoms with Gasteiger partial charge in [-0.2, -0.15) is 0 Å². The van der Waals surface area contributed by atoms with E-state index in [0.717, 1.165) is 12.1 Å². The summed E-state index contributed by atoms with van der Waals surface area (Å²) in [7, 11) is 1.85. The predicted octanol–water partition coefficient (Wildman–Crippen LogP) is 2.73. The molecule has 0 spiro atoms. The predicted molar refractivity (Wildman–Crippen MR) is 68.3 cm³/mol. The molecule has 0 fully saturated rings. The summed E-state index contributed by atoms with van der Waals surface area (Å²) >= 11 is 0. The highest BCUT2D eigenvalue weighted by atomic mass is 35.5. The van der Waals surface area contributed by atoms with Crippen LogP contribution < -0.4 is 5.73 Å². The number of hydrogen-bond acceptors (Lipinski definition) is 2. The third-order valence-corrected chi connectivity index (χ3v) is 2.65. The van der Waals surface area contributed by atoms with Gasteiger partial charge in [0, 0.05) is 24.2 Å². The van der Waals surface area contributed by atoms with E-state index in [1.54, 1.807) is 0 Å². The number of nitrogens with zero attached hydrogens (tertiary/aromatic N) is 1. The zero-order chi connectivity index (χ0) is 12.3. The lowest BCUT2D eigenvalue weighted by molar-refractivity contribution is 0.244. The molecule has 2 atom stereocenters. The highest BCUT2D eigenvalue weighted by molar-refractivity contribution is 5.85. The molecule has 2 unspecified atom stereocenters. The van der Waals surface area contributed by atoms with Gasteiger partial charge in [-0.05, 0) is 39.1 Å². The van der Waals surface area contributed by atoms with Crippen LogP contribution in [0.1, 0.15) is 25.5 Å². The topological polar surface area (TPSA) is 29.3 Å². The molecule has 0 aromatic heterocycles. The molecule has 2 nitrogen and oxygen atoms in total. The normalized spacial score (nSPS) is 14.3. The third-order valence-electron chi connectivity index (χ3n) is 2.65. The highest BCUT2D eigenvalue weighted by Gasteiger charge is 2.17. The molecule has 5 heteroatoms. The second-order valence-corrected chi connectivity index (χ2v) is 4.26. The summed E-state index contributed by atoms with van der Waals surface area (Å²) < 4.78 is 26.5. The lowest BCUT2D eigenvalue weighted by atomic mass is 10.1. The first-order chi connectivity index (χ1) is 7.41. The number of likely N-dealkylation sites (N-methyl/N-ethyl adjacent to an activating group) is 1. The smallest absolute Gasteiger partial charge is 0.128 e. The van der Waals surface area contributed by atoms with E-state index < -0.39 is 5.82 Å². The number of hydrogen-bond donors (Lipinski definition) is 1.